The minimum absolute atomic E-state index is 0.150. The van der Waals surface area contributed by atoms with E-state index in [4.69, 9.17) is 22.7 Å². The molecule has 21 heavy (non-hydrogen) atoms. The summed E-state index contributed by atoms with van der Waals surface area (Å²) in [7, 11) is 0. The van der Waals surface area contributed by atoms with Crippen LogP contribution in [0.25, 0.3) is 0 Å². The molecule has 2 N–H and O–H groups in total. The average molecular weight is 321 g/mol. The summed E-state index contributed by atoms with van der Waals surface area (Å²) in [6, 6.07) is 8.05. The van der Waals surface area contributed by atoms with E-state index in [0.717, 1.165) is 22.9 Å². The second kappa shape index (κ2) is 7.38. The molecule has 0 atom stereocenters. The Bertz CT molecular complexity index is 584. The lowest BCUT2D eigenvalue weighted by Crippen LogP contribution is -2.37. The van der Waals surface area contributed by atoms with Gasteiger partial charge in [0.05, 0.1) is 6.10 Å². The van der Waals surface area contributed by atoms with Crippen molar-refractivity contribution in [2.75, 3.05) is 11.4 Å². The van der Waals surface area contributed by atoms with Crippen LogP contribution in [0.5, 0.6) is 5.75 Å². The van der Waals surface area contributed by atoms with Crippen molar-refractivity contribution in [2.45, 2.75) is 26.4 Å². The summed E-state index contributed by atoms with van der Waals surface area (Å²) < 4.78 is 5.83. The summed E-state index contributed by atoms with van der Waals surface area (Å²) in [5, 5.41) is 3.08. The lowest BCUT2D eigenvalue weighted by atomic mass is 10.1. The summed E-state index contributed by atoms with van der Waals surface area (Å²) >= 11 is 6.65. The van der Waals surface area contributed by atoms with Gasteiger partial charge in [0.15, 0.2) is 10.2 Å². The Morgan fingerprint density at radius 3 is 2.81 bits per heavy atom. The summed E-state index contributed by atoms with van der Waals surface area (Å²) in [5.74, 6) is 0.912. The van der Waals surface area contributed by atoms with Gasteiger partial charge in [-0.25, -0.2) is 4.98 Å². The molecule has 0 aliphatic rings. The van der Waals surface area contributed by atoms with Gasteiger partial charge in [-0.1, -0.05) is 18.2 Å². The van der Waals surface area contributed by atoms with Gasteiger partial charge in [-0.15, -0.1) is 11.3 Å². The topological polar surface area (TPSA) is 51.4 Å². The molecule has 4 nitrogen and oxygen atoms in total. The van der Waals surface area contributed by atoms with Gasteiger partial charge in [0.25, 0.3) is 0 Å². The van der Waals surface area contributed by atoms with Crippen LogP contribution >= 0.6 is 23.6 Å². The number of nitrogens with two attached hydrogens (primary N) is 1. The van der Waals surface area contributed by atoms with Gasteiger partial charge in [0, 0.05) is 18.1 Å². The van der Waals surface area contributed by atoms with Crippen molar-refractivity contribution in [1.82, 2.24) is 4.98 Å². The van der Waals surface area contributed by atoms with E-state index in [1.165, 1.54) is 11.3 Å². The molecule has 0 radical (unpaired) electrons. The maximum Gasteiger partial charge on any atom is 0.191 e. The first-order valence-corrected chi connectivity index (χ1v) is 8.07. The average Bonchev–Trinajstić information content (AvgIpc) is 2.93. The van der Waals surface area contributed by atoms with Gasteiger partial charge in [-0.3, -0.25) is 4.90 Å². The Hall–Kier alpha value is -1.66. The van der Waals surface area contributed by atoms with E-state index >= 15 is 0 Å². The number of anilines is 1. The summed E-state index contributed by atoms with van der Waals surface area (Å²) in [6.07, 6.45) is 2.69. The highest BCUT2D eigenvalue weighted by Crippen LogP contribution is 2.22. The molecule has 0 saturated carbocycles. The number of benzene rings is 1. The van der Waals surface area contributed by atoms with Gasteiger partial charge < -0.3 is 10.5 Å². The number of ether oxygens (including phenoxy) is 1. The first-order chi connectivity index (χ1) is 10.1. The van der Waals surface area contributed by atoms with E-state index in [2.05, 4.69) is 11.1 Å². The molecule has 0 unspecified atom stereocenters. The van der Waals surface area contributed by atoms with Crippen molar-refractivity contribution >= 4 is 33.8 Å². The maximum atomic E-state index is 5.83. The largest absolute Gasteiger partial charge is 0.491 e. The second-order valence-corrected chi connectivity index (χ2v) is 6.12. The van der Waals surface area contributed by atoms with Crippen molar-refractivity contribution in [2.24, 2.45) is 5.73 Å². The van der Waals surface area contributed by atoms with Crippen LogP contribution in [-0.4, -0.2) is 22.7 Å². The van der Waals surface area contributed by atoms with Crippen LogP contribution < -0.4 is 15.4 Å². The van der Waals surface area contributed by atoms with Crippen molar-refractivity contribution in [3.63, 3.8) is 0 Å². The van der Waals surface area contributed by atoms with Crippen LogP contribution in [0.15, 0.2) is 35.8 Å². The third-order valence-electron chi connectivity index (χ3n) is 2.86. The van der Waals surface area contributed by atoms with Crippen molar-refractivity contribution in [3.8, 4) is 5.75 Å². The van der Waals surface area contributed by atoms with E-state index in [0.29, 0.717) is 11.7 Å². The summed E-state index contributed by atoms with van der Waals surface area (Å²) in [5.41, 5.74) is 6.95. The highest BCUT2D eigenvalue weighted by molar-refractivity contribution is 7.80. The number of thiazole rings is 1. The molecule has 0 fully saturated rings. The van der Waals surface area contributed by atoms with Crippen molar-refractivity contribution < 1.29 is 4.74 Å². The monoisotopic (exact) mass is 321 g/mol. The minimum Gasteiger partial charge on any atom is -0.491 e. The number of nitrogens with zero attached hydrogens (tertiary/aromatic N) is 2. The fourth-order valence-corrected chi connectivity index (χ4v) is 2.88. The molecule has 2 rings (SSSR count). The second-order valence-electron chi connectivity index (χ2n) is 4.83. The SMILES string of the molecule is CC(C)Oc1ccccc1CCN(C(N)=S)c1nccs1. The Labute approximate surface area is 134 Å². The zero-order valence-electron chi connectivity index (χ0n) is 12.2. The van der Waals surface area contributed by atoms with Crippen LogP contribution in [0.1, 0.15) is 19.4 Å². The van der Waals surface area contributed by atoms with Crippen LogP contribution in [0.3, 0.4) is 0 Å². The molecule has 6 heteroatoms. The molecule has 0 aliphatic carbocycles. The molecule has 2 aromatic rings. The predicted molar refractivity (Wildman–Crippen MR) is 92.2 cm³/mol. The number of rotatable bonds is 6. The van der Waals surface area contributed by atoms with Crippen LogP contribution in [-0.2, 0) is 6.42 Å². The number of hydrogen-bond donors (Lipinski definition) is 1. The van der Waals surface area contributed by atoms with Crippen molar-refractivity contribution in [1.29, 1.82) is 0 Å². The molecule has 0 amide bonds. The zero-order chi connectivity index (χ0) is 15.2. The van der Waals surface area contributed by atoms with Gasteiger partial charge in [0.1, 0.15) is 5.75 Å². The number of hydrogen-bond acceptors (Lipinski definition) is 4. The van der Waals surface area contributed by atoms with Gasteiger partial charge >= 0.3 is 0 Å². The Morgan fingerprint density at radius 1 is 1.43 bits per heavy atom. The maximum absolute atomic E-state index is 5.83. The zero-order valence-corrected chi connectivity index (χ0v) is 13.8. The molecule has 0 spiro atoms. The molecule has 0 saturated heterocycles. The Balaban J connectivity index is 2.09. The van der Waals surface area contributed by atoms with Crippen molar-refractivity contribution in [3.05, 3.63) is 41.4 Å². The fraction of sp³-hybridized carbons (Fsp3) is 0.333. The number of para-hydroxylation sites is 1. The highest BCUT2D eigenvalue weighted by Gasteiger charge is 2.13. The Morgan fingerprint density at radius 2 is 2.19 bits per heavy atom. The smallest absolute Gasteiger partial charge is 0.191 e. The lowest BCUT2D eigenvalue weighted by Gasteiger charge is -2.21. The quantitative estimate of drug-likeness (QED) is 0.828. The first kappa shape index (κ1) is 15.7. The van der Waals surface area contributed by atoms with E-state index in [9.17, 15) is 0 Å². The molecule has 1 heterocycles. The predicted octanol–water partition coefficient (Wildman–Crippen LogP) is 3.22. The first-order valence-electron chi connectivity index (χ1n) is 6.79. The van der Waals surface area contributed by atoms with Crippen LogP contribution in [0.4, 0.5) is 5.13 Å². The molecule has 0 bridgehead atoms. The minimum atomic E-state index is 0.150. The van der Waals surface area contributed by atoms with E-state index < -0.39 is 0 Å². The third kappa shape index (κ3) is 4.41. The Kier molecular flexibility index (Phi) is 5.52. The number of thiocarbonyl (C=S) groups is 1. The molecule has 0 aliphatic heterocycles. The number of aromatic nitrogens is 1. The summed E-state index contributed by atoms with van der Waals surface area (Å²) in [4.78, 5) is 6.12. The highest BCUT2D eigenvalue weighted by atomic mass is 32.1. The van der Waals surface area contributed by atoms with Crippen LogP contribution in [0, 0.1) is 0 Å². The van der Waals surface area contributed by atoms with E-state index in [1.807, 2.05) is 42.3 Å². The lowest BCUT2D eigenvalue weighted by molar-refractivity contribution is 0.240. The van der Waals surface area contributed by atoms with E-state index in [-0.39, 0.29) is 6.10 Å². The normalized spacial score (nSPS) is 10.6. The van der Waals surface area contributed by atoms with Gasteiger partial charge in [0.2, 0.25) is 0 Å². The summed E-state index contributed by atoms with van der Waals surface area (Å²) in [6.45, 7) is 4.72. The van der Waals surface area contributed by atoms with Gasteiger partial charge in [-0.2, -0.15) is 0 Å². The van der Waals surface area contributed by atoms with Gasteiger partial charge in [-0.05, 0) is 44.1 Å². The standard InChI is InChI=1S/C15H19N3OS2/c1-11(2)19-13-6-4-3-5-12(13)7-9-18(14(16)20)15-17-8-10-21-15/h3-6,8,10-11H,7,9H2,1-2H3,(H2,16,20). The molecule has 1 aromatic carbocycles. The fourth-order valence-electron chi connectivity index (χ4n) is 1.96. The molecular weight excluding hydrogens is 302 g/mol. The molecular formula is C15H19N3OS2. The van der Waals surface area contributed by atoms with E-state index in [1.54, 1.807) is 6.20 Å². The molecule has 112 valence electrons. The van der Waals surface area contributed by atoms with Crippen LogP contribution in [0.2, 0.25) is 0 Å². The molecule has 1 aromatic heterocycles. The third-order valence-corrected chi connectivity index (χ3v) is 3.87.